The minimum absolute atomic E-state index is 0.0514. The van der Waals surface area contributed by atoms with Crippen LogP contribution in [0.4, 0.5) is 5.69 Å². The molecule has 0 saturated heterocycles. The highest BCUT2D eigenvalue weighted by Gasteiger charge is 2.38. The maximum absolute atomic E-state index is 13.5. The van der Waals surface area contributed by atoms with Crippen molar-refractivity contribution in [2.45, 2.75) is 19.6 Å². The molecule has 5 N–H and O–H groups in total. The molecule has 2 aromatic carbocycles. The lowest BCUT2D eigenvalue weighted by atomic mass is 10.1. The van der Waals surface area contributed by atoms with Crippen LogP contribution in [-0.2, 0) is 58.0 Å². The Kier molecular flexibility index (Phi) is 13.3. The number of carbonyl (C=O) groups is 3. The Morgan fingerprint density at radius 1 is 0.811 bits per heavy atom. The predicted molar refractivity (Wildman–Crippen MR) is 177 cm³/mol. The lowest BCUT2D eigenvalue weighted by Crippen LogP contribution is -2.24. The SMILES string of the molecule is COC(=O)C1=NN(c2cc(SOOO)ccc2S(=O)(=O)O)C(=O)\C1=C/C=C/C=C/c1c(C(=O)OC)nn(-c2cc(SOOO)ccc2S(=O)(=O)O)c1O. The van der Waals surface area contributed by atoms with E-state index in [0.717, 1.165) is 62.8 Å². The van der Waals surface area contributed by atoms with E-state index in [2.05, 4.69) is 33.7 Å². The van der Waals surface area contributed by atoms with Gasteiger partial charge in [-0.3, -0.25) is 13.9 Å². The summed E-state index contributed by atoms with van der Waals surface area (Å²) in [6.45, 7) is 0. The molecule has 0 bridgehead atoms. The minimum Gasteiger partial charge on any atom is -0.493 e. The summed E-state index contributed by atoms with van der Waals surface area (Å²) >= 11 is 0.785. The van der Waals surface area contributed by atoms with Gasteiger partial charge in [0.1, 0.15) is 9.79 Å². The van der Waals surface area contributed by atoms with E-state index in [4.69, 9.17) is 15.3 Å². The summed E-state index contributed by atoms with van der Waals surface area (Å²) < 4.78 is 86.6. The average molecular weight is 819 g/mol. The Morgan fingerprint density at radius 3 is 1.89 bits per heavy atom. The standard InChI is InChI=1S/C27H22N4O18S4/c1-44-26(34)22-16(24(32)30(28-22)18-12-14(50-48-46-36)8-10-20(18)52(38,39)40)6-4-3-5-7-17-23(27(35)45-2)29-31(25(17)33)19-13-15(51-49-47-37)9-11-21(19)53(41,42)43/h3-13,32,36-37H,1-2H3,(H,38,39,40)(H,41,42,43)/b5-3+,6-4+,17-7-. The van der Waals surface area contributed by atoms with Crippen LogP contribution in [0.15, 0.2) is 91.0 Å². The Hall–Kier alpha value is -4.97. The second-order valence-corrected chi connectivity index (χ2v) is 13.9. The lowest BCUT2D eigenvalue weighted by Gasteiger charge is -2.15. The molecule has 2 heterocycles. The van der Waals surface area contributed by atoms with Crippen molar-refractivity contribution in [2.75, 3.05) is 19.2 Å². The van der Waals surface area contributed by atoms with Crippen LogP contribution < -0.4 is 5.01 Å². The number of esters is 2. The van der Waals surface area contributed by atoms with Crippen LogP contribution in [-0.4, -0.2) is 89.1 Å². The van der Waals surface area contributed by atoms with Gasteiger partial charge in [0.2, 0.25) is 5.88 Å². The van der Waals surface area contributed by atoms with Crippen molar-refractivity contribution in [1.82, 2.24) is 9.78 Å². The van der Waals surface area contributed by atoms with Crippen LogP contribution in [0.3, 0.4) is 0 Å². The Morgan fingerprint density at radius 2 is 1.36 bits per heavy atom. The number of hydrogen-bond acceptors (Lipinski definition) is 20. The molecule has 26 heteroatoms. The minimum atomic E-state index is -4.97. The fourth-order valence-electron chi connectivity index (χ4n) is 4.31. The third-order valence-corrected chi connectivity index (χ3v) is 9.43. The third kappa shape index (κ3) is 9.34. The molecule has 53 heavy (non-hydrogen) atoms. The van der Waals surface area contributed by atoms with Gasteiger partial charge in [-0.1, -0.05) is 28.3 Å². The highest BCUT2D eigenvalue weighted by Crippen LogP contribution is 2.35. The van der Waals surface area contributed by atoms with E-state index in [-0.39, 0.29) is 15.4 Å². The smallest absolute Gasteiger partial charge is 0.359 e. The summed E-state index contributed by atoms with van der Waals surface area (Å²) in [5, 5.41) is 43.3. The van der Waals surface area contributed by atoms with Gasteiger partial charge in [-0.15, -0.1) is 8.67 Å². The molecule has 4 rings (SSSR count). The average Bonchev–Trinajstić information content (AvgIpc) is 3.63. The van der Waals surface area contributed by atoms with Gasteiger partial charge in [0.25, 0.3) is 26.1 Å². The number of anilines is 1. The fraction of sp³-hybridized carbons (Fsp3) is 0.0741. The molecule has 0 atom stereocenters. The quantitative estimate of drug-likeness (QED) is 0.0280. The first-order valence-corrected chi connectivity index (χ1v) is 17.9. The zero-order valence-corrected chi connectivity index (χ0v) is 29.6. The zero-order chi connectivity index (χ0) is 39.1. The summed E-state index contributed by atoms with van der Waals surface area (Å²) in [4.78, 5) is 37.2. The third-order valence-electron chi connectivity index (χ3n) is 6.47. The molecule has 1 aliphatic heterocycles. The number of nitrogens with zero attached hydrogens (tertiary/aromatic N) is 4. The van der Waals surface area contributed by atoms with Crippen molar-refractivity contribution in [1.29, 1.82) is 0 Å². The number of amides is 1. The summed E-state index contributed by atoms with van der Waals surface area (Å²) in [6.07, 6.45) is 5.82. The first kappa shape index (κ1) is 40.8. The molecule has 282 valence electrons. The molecule has 0 spiro atoms. The summed E-state index contributed by atoms with van der Waals surface area (Å²) in [5.74, 6) is -4.09. The van der Waals surface area contributed by atoms with E-state index >= 15 is 0 Å². The number of methoxy groups -OCH3 is 2. The van der Waals surface area contributed by atoms with Gasteiger partial charge in [0.05, 0.1) is 60.8 Å². The summed E-state index contributed by atoms with van der Waals surface area (Å²) in [7, 11) is -7.93. The highest BCUT2D eigenvalue weighted by molar-refractivity contribution is 7.94. The number of hydrogen-bond donors (Lipinski definition) is 5. The van der Waals surface area contributed by atoms with Crippen LogP contribution in [0.1, 0.15) is 16.1 Å². The van der Waals surface area contributed by atoms with E-state index in [1.54, 1.807) is 0 Å². The number of allylic oxidation sites excluding steroid dienone is 4. The molecule has 1 amide bonds. The second kappa shape index (κ2) is 17.2. The highest BCUT2D eigenvalue weighted by atomic mass is 32.2. The fourth-order valence-corrected chi connectivity index (χ4v) is 6.39. The zero-order valence-electron chi connectivity index (χ0n) is 26.3. The lowest BCUT2D eigenvalue weighted by molar-refractivity contribution is -0.432. The van der Waals surface area contributed by atoms with E-state index in [9.17, 15) is 45.4 Å². The van der Waals surface area contributed by atoms with Crippen molar-refractivity contribution in [3.05, 3.63) is 77.5 Å². The van der Waals surface area contributed by atoms with Crippen molar-refractivity contribution < 1.29 is 84.2 Å². The molecular weight excluding hydrogens is 797 g/mol. The molecule has 0 fully saturated rings. The molecule has 0 saturated carbocycles. The molecule has 3 aromatic rings. The van der Waals surface area contributed by atoms with Crippen LogP contribution in [0.25, 0.3) is 11.8 Å². The maximum atomic E-state index is 13.5. The summed E-state index contributed by atoms with van der Waals surface area (Å²) in [5.41, 5.74) is -2.87. The van der Waals surface area contributed by atoms with E-state index in [1.165, 1.54) is 18.2 Å². The van der Waals surface area contributed by atoms with E-state index in [1.807, 2.05) is 0 Å². The molecule has 1 aromatic heterocycles. The Labute approximate surface area is 305 Å². The van der Waals surface area contributed by atoms with Crippen molar-refractivity contribution in [2.24, 2.45) is 5.10 Å². The molecule has 0 unspecified atom stereocenters. The van der Waals surface area contributed by atoms with Crippen molar-refractivity contribution in [3.63, 3.8) is 0 Å². The van der Waals surface area contributed by atoms with Gasteiger partial charge in [-0.2, -0.15) is 36.7 Å². The van der Waals surface area contributed by atoms with Crippen molar-refractivity contribution in [3.8, 4) is 11.6 Å². The van der Waals surface area contributed by atoms with Crippen LogP contribution in [0.2, 0.25) is 0 Å². The molecule has 22 nitrogen and oxygen atoms in total. The maximum Gasteiger partial charge on any atom is 0.359 e. The topological polar surface area (TPSA) is 309 Å². The van der Waals surface area contributed by atoms with Gasteiger partial charge in [-0.25, -0.2) is 20.1 Å². The summed E-state index contributed by atoms with van der Waals surface area (Å²) in [6, 6.07) is 6.15. The molecule has 0 radical (unpaired) electrons. The number of aromatic nitrogens is 2. The Balaban J connectivity index is 1.74. The number of rotatable bonds is 15. The molecule has 1 aliphatic rings. The number of carbonyl (C=O) groups excluding carboxylic acids is 3. The Bertz CT molecular complexity index is 2280. The normalized spacial score (nSPS) is 14.5. The number of hydrazone groups is 1. The van der Waals surface area contributed by atoms with E-state index in [0.29, 0.717) is 33.8 Å². The van der Waals surface area contributed by atoms with Crippen molar-refractivity contribution >= 4 is 79.6 Å². The molecular formula is C27H22N4O18S4. The van der Waals surface area contributed by atoms with Gasteiger partial charge >= 0.3 is 11.9 Å². The number of aromatic hydroxyl groups is 1. The van der Waals surface area contributed by atoms with E-state index < -0.39 is 82.1 Å². The van der Waals surface area contributed by atoms with Gasteiger partial charge in [0, 0.05) is 9.79 Å². The monoisotopic (exact) mass is 818 g/mol. The van der Waals surface area contributed by atoms with Gasteiger partial charge in [-0.05, 0) is 48.6 Å². The second-order valence-electron chi connectivity index (χ2n) is 9.53. The first-order valence-electron chi connectivity index (χ1n) is 13.6. The van der Waals surface area contributed by atoms with Crippen LogP contribution in [0.5, 0.6) is 5.88 Å². The first-order chi connectivity index (χ1) is 25.1. The van der Waals surface area contributed by atoms with Crippen LogP contribution >= 0.6 is 24.1 Å². The number of ether oxygens (including phenoxy) is 2. The van der Waals surface area contributed by atoms with Gasteiger partial charge in [0.15, 0.2) is 11.4 Å². The predicted octanol–water partition coefficient (Wildman–Crippen LogP) is 2.79. The largest absolute Gasteiger partial charge is 0.493 e. The number of benzene rings is 2. The van der Waals surface area contributed by atoms with Crippen LogP contribution in [0, 0.1) is 0 Å². The molecule has 0 aliphatic carbocycles. The van der Waals surface area contributed by atoms with Gasteiger partial charge < -0.3 is 14.6 Å².